The van der Waals surface area contributed by atoms with Crippen molar-refractivity contribution in [3.05, 3.63) is 47.3 Å². The maximum absolute atomic E-state index is 5.99. The highest BCUT2D eigenvalue weighted by Gasteiger charge is 2.22. The van der Waals surface area contributed by atoms with Crippen LogP contribution in [0.4, 0.5) is 11.8 Å². The number of aromatic nitrogens is 3. The second kappa shape index (κ2) is 8.41. The summed E-state index contributed by atoms with van der Waals surface area (Å²) in [5.74, 6) is 1.98. The highest BCUT2D eigenvalue weighted by molar-refractivity contribution is 5.83. The summed E-state index contributed by atoms with van der Waals surface area (Å²) in [7, 11) is 2.12. The molecule has 0 spiro atoms. The fourth-order valence-electron chi connectivity index (χ4n) is 4.39. The minimum atomic E-state index is 0.436. The van der Waals surface area contributed by atoms with Gasteiger partial charge in [0, 0.05) is 48.0 Å². The minimum absolute atomic E-state index is 0.436. The average Bonchev–Trinajstić information content (AvgIpc) is 3.03. The SMILES string of the molecule is Cc1nc(NC2CCC(CNCc3cn(C)c4ccccc34)CC2)nc(N)c1C. The van der Waals surface area contributed by atoms with Crippen LogP contribution in [0.2, 0.25) is 0 Å². The summed E-state index contributed by atoms with van der Waals surface area (Å²) in [5.41, 5.74) is 10.6. The Balaban J connectivity index is 1.25. The maximum atomic E-state index is 5.99. The summed E-state index contributed by atoms with van der Waals surface area (Å²) < 4.78 is 2.21. The lowest BCUT2D eigenvalue weighted by Gasteiger charge is -2.29. The molecule has 0 unspecified atom stereocenters. The van der Waals surface area contributed by atoms with E-state index in [0.717, 1.165) is 43.1 Å². The van der Waals surface area contributed by atoms with Crippen LogP contribution in [0.15, 0.2) is 30.5 Å². The van der Waals surface area contributed by atoms with Gasteiger partial charge in [-0.3, -0.25) is 0 Å². The lowest BCUT2D eigenvalue weighted by molar-refractivity contribution is 0.324. The second-order valence-corrected chi connectivity index (χ2v) is 8.42. The summed E-state index contributed by atoms with van der Waals surface area (Å²) in [6, 6.07) is 9.05. The van der Waals surface area contributed by atoms with Crippen molar-refractivity contribution in [1.82, 2.24) is 19.9 Å². The zero-order valence-corrected chi connectivity index (χ0v) is 17.7. The first-order chi connectivity index (χ1) is 14.0. The highest BCUT2D eigenvalue weighted by Crippen LogP contribution is 2.26. The molecular weight excluding hydrogens is 360 g/mol. The van der Waals surface area contributed by atoms with E-state index < -0.39 is 0 Å². The third-order valence-electron chi connectivity index (χ3n) is 6.33. The van der Waals surface area contributed by atoms with Gasteiger partial charge in [-0.25, -0.2) is 4.98 Å². The average molecular weight is 393 g/mol. The van der Waals surface area contributed by atoms with Crippen molar-refractivity contribution < 1.29 is 0 Å². The van der Waals surface area contributed by atoms with Crippen LogP contribution in [-0.4, -0.2) is 27.1 Å². The summed E-state index contributed by atoms with van der Waals surface area (Å²) in [5, 5.41) is 8.53. The van der Waals surface area contributed by atoms with Crippen molar-refractivity contribution in [2.75, 3.05) is 17.6 Å². The molecule has 0 atom stereocenters. The molecule has 4 rings (SSSR count). The minimum Gasteiger partial charge on any atom is -0.383 e. The van der Waals surface area contributed by atoms with E-state index >= 15 is 0 Å². The molecular formula is C23H32N6. The van der Waals surface area contributed by atoms with E-state index in [1.807, 2.05) is 13.8 Å². The van der Waals surface area contributed by atoms with E-state index in [9.17, 15) is 0 Å². The summed E-state index contributed by atoms with van der Waals surface area (Å²) in [4.78, 5) is 8.94. The molecule has 6 nitrogen and oxygen atoms in total. The number of nitrogen functional groups attached to an aromatic ring is 1. The van der Waals surface area contributed by atoms with Crippen LogP contribution < -0.4 is 16.4 Å². The van der Waals surface area contributed by atoms with Gasteiger partial charge in [0.15, 0.2) is 0 Å². The van der Waals surface area contributed by atoms with Gasteiger partial charge in [-0.15, -0.1) is 0 Å². The molecule has 1 fully saturated rings. The van der Waals surface area contributed by atoms with Gasteiger partial charge in [-0.1, -0.05) is 18.2 Å². The van der Waals surface area contributed by atoms with Crippen LogP contribution in [-0.2, 0) is 13.6 Å². The lowest BCUT2D eigenvalue weighted by atomic mass is 9.86. The number of para-hydroxylation sites is 1. The van der Waals surface area contributed by atoms with Gasteiger partial charge < -0.3 is 20.9 Å². The smallest absolute Gasteiger partial charge is 0.225 e. The largest absolute Gasteiger partial charge is 0.383 e. The zero-order valence-electron chi connectivity index (χ0n) is 17.7. The zero-order chi connectivity index (χ0) is 20.4. The van der Waals surface area contributed by atoms with Crippen molar-refractivity contribution >= 4 is 22.7 Å². The molecule has 1 aliphatic carbocycles. The number of hydrogen-bond acceptors (Lipinski definition) is 5. The second-order valence-electron chi connectivity index (χ2n) is 8.42. The van der Waals surface area contributed by atoms with E-state index in [1.54, 1.807) is 0 Å². The van der Waals surface area contributed by atoms with Gasteiger partial charge in [0.05, 0.1) is 0 Å². The van der Waals surface area contributed by atoms with Crippen molar-refractivity contribution in [3.63, 3.8) is 0 Å². The summed E-state index contributed by atoms with van der Waals surface area (Å²) in [6.45, 7) is 5.94. The summed E-state index contributed by atoms with van der Waals surface area (Å²) in [6.07, 6.45) is 6.99. The molecule has 154 valence electrons. The Morgan fingerprint density at radius 3 is 2.62 bits per heavy atom. The Labute approximate surface area is 172 Å². The third-order valence-corrected chi connectivity index (χ3v) is 6.33. The number of anilines is 2. The third kappa shape index (κ3) is 4.37. The fourth-order valence-corrected chi connectivity index (χ4v) is 4.39. The molecule has 2 heterocycles. The van der Waals surface area contributed by atoms with Gasteiger partial charge in [-0.05, 0) is 63.6 Å². The molecule has 2 aromatic heterocycles. The molecule has 1 aliphatic rings. The molecule has 0 saturated heterocycles. The van der Waals surface area contributed by atoms with Gasteiger partial charge in [0.1, 0.15) is 5.82 Å². The number of rotatable bonds is 6. The predicted molar refractivity (Wildman–Crippen MR) is 120 cm³/mol. The molecule has 3 aromatic rings. The van der Waals surface area contributed by atoms with E-state index in [2.05, 4.69) is 62.7 Å². The first-order valence-electron chi connectivity index (χ1n) is 10.6. The van der Waals surface area contributed by atoms with Crippen LogP contribution in [0.5, 0.6) is 0 Å². The Hall–Kier alpha value is -2.60. The molecule has 0 aliphatic heterocycles. The van der Waals surface area contributed by atoms with Crippen molar-refractivity contribution in [2.45, 2.75) is 52.1 Å². The number of nitrogens with two attached hydrogens (primary N) is 1. The van der Waals surface area contributed by atoms with Crippen LogP contribution in [0.1, 0.15) is 42.5 Å². The lowest BCUT2D eigenvalue weighted by Crippen LogP contribution is -2.31. The van der Waals surface area contributed by atoms with Crippen LogP contribution in [0, 0.1) is 19.8 Å². The number of benzene rings is 1. The first kappa shape index (κ1) is 19.7. The molecule has 4 N–H and O–H groups in total. The molecule has 6 heteroatoms. The Morgan fingerprint density at radius 2 is 1.86 bits per heavy atom. The Kier molecular flexibility index (Phi) is 5.72. The number of nitrogens with zero attached hydrogens (tertiary/aromatic N) is 3. The molecule has 1 saturated carbocycles. The van der Waals surface area contributed by atoms with Crippen molar-refractivity contribution in [2.24, 2.45) is 13.0 Å². The molecule has 0 amide bonds. The van der Waals surface area contributed by atoms with Crippen LogP contribution in [0.25, 0.3) is 10.9 Å². The standard InChI is InChI=1S/C23H32N6/c1-15-16(2)26-23(28-22(15)24)27-19-10-8-17(9-11-19)12-25-13-18-14-29(3)21-7-5-4-6-20(18)21/h4-7,14,17,19,25H,8-13H2,1-3H3,(H3,24,26,27,28). The normalized spacial score (nSPS) is 19.6. The molecule has 0 radical (unpaired) electrons. The fraction of sp³-hybridized carbons (Fsp3) is 0.478. The van der Waals surface area contributed by atoms with E-state index in [4.69, 9.17) is 5.73 Å². The summed E-state index contributed by atoms with van der Waals surface area (Å²) >= 11 is 0. The van der Waals surface area contributed by atoms with Crippen LogP contribution in [0.3, 0.4) is 0 Å². The molecule has 1 aromatic carbocycles. The monoisotopic (exact) mass is 392 g/mol. The van der Waals surface area contributed by atoms with Crippen LogP contribution >= 0.6 is 0 Å². The van der Waals surface area contributed by atoms with Gasteiger partial charge in [0.2, 0.25) is 5.95 Å². The van der Waals surface area contributed by atoms with E-state index in [-0.39, 0.29) is 0 Å². The number of fused-ring (bicyclic) bond motifs is 1. The van der Waals surface area contributed by atoms with Gasteiger partial charge >= 0.3 is 0 Å². The Bertz CT molecular complexity index is 961. The number of hydrogen-bond donors (Lipinski definition) is 3. The maximum Gasteiger partial charge on any atom is 0.225 e. The predicted octanol–water partition coefficient (Wildman–Crippen LogP) is 3.93. The quantitative estimate of drug-likeness (QED) is 0.592. The van der Waals surface area contributed by atoms with Gasteiger partial charge in [-0.2, -0.15) is 4.98 Å². The highest BCUT2D eigenvalue weighted by atomic mass is 15.1. The number of aryl methyl sites for hydroxylation is 2. The Morgan fingerprint density at radius 1 is 1.10 bits per heavy atom. The van der Waals surface area contributed by atoms with E-state index in [0.29, 0.717) is 17.8 Å². The van der Waals surface area contributed by atoms with E-state index in [1.165, 1.54) is 29.3 Å². The van der Waals surface area contributed by atoms with Gasteiger partial charge in [0.25, 0.3) is 0 Å². The molecule has 0 bridgehead atoms. The topological polar surface area (TPSA) is 80.8 Å². The molecule has 29 heavy (non-hydrogen) atoms. The first-order valence-corrected chi connectivity index (χ1v) is 10.6. The van der Waals surface area contributed by atoms with Crippen molar-refractivity contribution in [3.8, 4) is 0 Å². The number of nitrogens with one attached hydrogen (secondary N) is 2. The van der Waals surface area contributed by atoms with Crippen molar-refractivity contribution in [1.29, 1.82) is 0 Å².